The quantitative estimate of drug-likeness (QED) is 0.357. The molecule has 3 rings (SSSR count). The molecule has 204 valence electrons. The Morgan fingerprint density at radius 1 is 1.03 bits per heavy atom. The number of carbonyl (C=O) groups is 2. The number of carbonyl (C=O) groups excluding carboxylic acids is 2. The fourth-order valence-corrected chi connectivity index (χ4v) is 5.54. The van der Waals surface area contributed by atoms with Crippen molar-refractivity contribution in [3.63, 3.8) is 0 Å². The van der Waals surface area contributed by atoms with Crippen molar-refractivity contribution in [1.82, 2.24) is 5.32 Å². The van der Waals surface area contributed by atoms with E-state index in [0.29, 0.717) is 11.3 Å². The lowest BCUT2D eigenvalue weighted by Gasteiger charge is -2.31. The van der Waals surface area contributed by atoms with E-state index in [1.807, 2.05) is 12.1 Å². The molecule has 0 saturated heterocycles. The van der Waals surface area contributed by atoms with Gasteiger partial charge in [0.1, 0.15) is 17.7 Å². The number of benzene rings is 2. The normalized spacial score (nSPS) is 15.3. The molecule has 0 bridgehead atoms. The standard InChI is InChI=1S/C31H41N3O3S/c1-30(2,3)24-14-12-21(13-15-24)20-38-26-17-16-25(18-23(26)19-32)33-28(35)27(22-10-8-7-9-11-22)34-29(36)37-31(4,5)6/h12-18,22,27H,7-11,20H2,1-6H3,(H,33,35)(H,34,36)/t27-/m0/s1. The molecule has 6 nitrogen and oxygen atoms in total. The maximum absolute atomic E-state index is 13.3. The van der Waals surface area contributed by atoms with Crippen molar-refractivity contribution in [2.24, 2.45) is 5.92 Å². The third-order valence-electron chi connectivity index (χ3n) is 6.66. The van der Waals surface area contributed by atoms with Gasteiger partial charge in [-0.05, 0) is 74.3 Å². The highest BCUT2D eigenvalue weighted by molar-refractivity contribution is 7.98. The van der Waals surface area contributed by atoms with Crippen LogP contribution in [0.5, 0.6) is 0 Å². The van der Waals surface area contributed by atoms with Crippen LogP contribution in [0.15, 0.2) is 47.4 Å². The Balaban J connectivity index is 1.69. The van der Waals surface area contributed by atoms with Crippen molar-refractivity contribution < 1.29 is 14.3 Å². The molecule has 0 heterocycles. The summed E-state index contributed by atoms with van der Waals surface area (Å²) in [6, 6.07) is 15.6. The highest BCUT2D eigenvalue weighted by Crippen LogP contribution is 2.31. The molecular weight excluding hydrogens is 494 g/mol. The first-order valence-electron chi connectivity index (χ1n) is 13.4. The molecule has 1 atom stereocenters. The van der Waals surface area contributed by atoms with Gasteiger partial charge in [-0.2, -0.15) is 5.26 Å². The van der Waals surface area contributed by atoms with Crippen LogP contribution in [0.4, 0.5) is 10.5 Å². The predicted molar refractivity (Wildman–Crippen MR) is 154 cm³/mol. The molecule has 2 aromatic rings. The van der Waals surface area contributed by atoms with Crippen LogP contribution in [0, 0.1) is 17.2 Å². The molecular formula is C31H41N3O3S. The summed E-state index contributed by atoms with van der Waals surface area (Å²) in [6.07, 6.45) is 4.38. The Labute approximate surface area is 231 Å². The van der Waals surface area contributed by atoms with Crippen molar-refractivity contribution in [2.75, 3.05) is 5.32 Å². The number of anilines is 1. The minimum Gasteiger partial charge on any atom is -0.444 e. The number of amides is 2. The fraction of sp³-hybridized carbons (Fsp3) is 0.516. The number of nitrogens with zero attached hydrogens (tertiary/aromatic N) is 1. The minimum atomic E-state index is -0.694. The van der Waals surface area contributed by atoms with Crippen LogP contribution >= 0.6 is 11.8 Å². The number of thioether (sulfide) groups is 1. The summed E-state index contributed by atoms with van der Waals surface area (Å²) in [5.41, 5.74) is 2.98. The lowest BCUT2D eigenvalue weighted by molar-refractivity contribution is -0.119. The Bertz CT molecular complexity index is 1150. The average molecular weight is 536 g/mol. The average Bonchev–Trinajstić information content (AvgIpc) is 2.85. The van der Waals surface area contributed by atoms with Gasteiger partial charge < -0.3 is 15.4 Å². The smallest absolute Gasteiger partial charge is 0.408 e. The number of hydrogen-bond acceptors (Lipinski definition) is 5. The van der Waals surface area contributed by atoms with E-state index in [0.717, 1.165) is 42.8 Å². The number of nitrogens with one attached hydrogen (secondary N) is 2. The van der Waals surface area contributed by atoms with Gasteiger partial charge in [0.05, 0.1) is 5.56 Å². The molecule has 1 saturated carbocycles. The third-order valence-corrected chi connectivity index (χ3v) is 7.80. The van der Waals surface area contributed by atoms with Crippen LogP contribution in [0.3, 0.4) is 0 Å². The summed E-state index contributed by atoms with van der Waals surface area (Å²) >= 11 is 1.60. The topological polar surface area (TPSA) is 91.2 Å². The molecule has 2 amide bonds. The fourth-order valence-electron chi connectivity index (χ4n) is 4.60. The molecule has 38 heavy (non-hydrogen) atoms. The van der Waals surface area contributed by atoms with Gasteiger partial charge in [0.25, 0.3) is 0 Å². The van der Waals surface area contributed by atoms with Crippen molar-refractivity contribution in [1.29, 1.82) is 5.26 Å². The monoisotopic (exact) mass is 535 g/mol. The second-order valence-corrected chi connectivity index (χ2v) is 13.1. The first-order chi connectivity index (χ1) is 17.9. The first kappa shape index (κ1) is 29.6. The van der Waals surface area contributed by atoms with Gasteiger partial charge >= 0.3 is 6.09 Å². The van der Waals surface area contributed by atoms with Crippen molar-refractivity contribution in [3.8, 4) is 6.07 Å². The van der Waals surface area contributed by atoms with Crippen LogP contribution in [0.2, 0.25) is 0 Å². The first-order valence-corrected chi connectivity index (χ1v) is 14.4. The summed E-state index contributed by atoms with van der Waals surface area (Å²) in [7, 11) is 0. The Kier molecular flexibility index (Phi) is 9.89. The SMILES string of the molecule is CC(C)(C)OC(=O)N[C@H](C(=O)Nc1ccc(SCc2ccc(C(C)(C)C)cc2)c(C#N)c1)C1CCCCC1. The van der Waals surface area contributed by atoms with E-state index < -0.39 is 17.7 Å². The van der Waals surface area contributed by atoms with E-state index in [1.54, 1.807) is 38.6 Å². The highest BCUT2D eigenvalue weighted by Gasteiger charge is 2.32. The number of ether oxygens (including phenoxy) is 1. The van der Waals surface area contributed by atoms with Crippen molar-refractivity contribution in [3.05, 3.63) is 59.2 Å². The van der Waals surface area contributed by atoms with Gasteiger partial charge in [-0.1, -0.05) is 64.3 Å². The van der Waals surface area contributed by atoms with Gasteiger partial charge in [0.15, 0.2) is 0 Å². The van der Waals surface area contributed by atoms with Crippen LogP contribution in [0.1, 0.15) is 90.3 Å². The summed E-state index contributed by atoms with van der Waals surface area (Å²) in [4.78, 5) is 26.7. The Morgan fingerprint density at radius 2 is 1.68 bits per heavy atom. The van der Waals surface area contributed by atoms with E-state index in [2.05, 4.69) is 61.7 Å². The molecule has 1 aliphatic rings. The second kappa shape index (κ2) is 12.7. The third kappa shape index (κ3) is 8.80. The molecule has 0 unspecified atom stereocenters. The highest BCUT2D eigenvalue weighted by atomic mass is 32.2. The molecule has 2 aromatic carbocycles. The zero-order valence-corrected chi connectivity index (χ0v) is 24.3. The zero-order chi connectivity index (χ0) is 27.9. The summed E-state index contributed by atoms with van der Waals surface area (Å²) in [6.45, 7) is 12.0. The van der Waals surface area contributed by atoms with Crippen molar-refractivity contribution >= 4 is 29.4 Å². The van der Waals surface area contributed by atoms with Crippen molar-refractivity contribution in [2.45, 2.75) is 101 Å². The van der Waals surface area contributed by atoms with Crippen LogP contribution in [-0.2, 0) is 20.7 Å². The molecule has 7 heteroatoms. The molecule has 0 spiro atoms. The van der Waals surface area contributed by atoms with Crippen LogP contribution in [0.25, 0.3) is 0 Å². The molecule has 2 N–H and O–H groups in total. The van der Waals surface area contributed by atoms with Gasteiger partial charge in [-0.3, -0.25) is 4.79 Å². The van der Waals surface area contributed by atoms with Gasteiger partial charge in [-0.25, -0.2) is 4.79 Å². The molecule has 0 aliphatic heterocycles. The van der Waals surface area contributed by atoms with E-state index in [1.165, 1.54) is 11.1 Å². The molecule has 1 fully saturated rings. The van der Waals surface area contributed by atoms with Gasteiger partial charge in [-0.15, -0.1) is 11.8 Å². The van der Waals surface area contributed by atoms with E-state index >= 15 is 0 Å². The van der Waals surface area contributed by atoms with Gasteiger partial charge in [0, 0.05) is 16.3 Å². The second-order valence-electron chi connectivity index (χ2n) is 12.1. The van der Waals surface area contributed by atoms with E-state index in [4.69, 9.17) is 4.74 Å². The van der Waals surface area contributed by atoms with E-state index in [9.17, 15) is 14.9 Å². The summed E-state index contributed by atoms with van der Waals surface area (Å²) in [5, 5.41) is 15.5. The van der Waals surface area contributed by atoms with Crippen LogP contribution in [-0.4, -0.2) is 23.6 Å². The minimum absolute atomic E-state index is 0.0474. The maximum atomic E-state index is 13.3. The number of hydrogen-bond donors (Lipinski definition) is 2. The lowest BCUT2D eigenvalue weighted by Crippen LogP contribution is -2.50. The lowest BCUT2D eigenvalue weighted by atomic mass is 9.83. The van der Waals surface area contributed by atoms with E-state index in [-0.39, 0.29) is 17.2 Å². The summed E-state index contributed by atoms with van der Waals surface area (Å²) < 4.78 is 5.42. The molecule has 0 radical (unpaired) electrons. The molecule has 1 aliphatic carbocycles. The molecule has 0 aromatic heterocycles. The summed E-state index contributed by atoms with van der Waals surface area (Å²) in [5.74, 6) is 0.506. The van der Waals surface area contributed by atoms with Crippen LogP contribution < -0.4 is 10.6 Å². The predicted octanol–water partition coefficient (Wildman–Crippen LogP) is 7.56. The number of rotatable bonds is 7. The zero-order valence-electron chi connectivity index (χ0n) is 23.5. The Morgan fingerprint density at radius 3 is 2.26 bits per heavy atom. The number of nitriles is 1. The number of alkyl carbamates (subject to hydrolysis) is 1. The largest absolute Gasteiger partial charge is 0.444 e. The Hall–Kier alpha value is -2.98. The maximum Gasteiger partial charge on any atom is 0.408 e. The van der Waals surface area contributed by atoms with Gasteiger partial charge in [0.2, 0.25) is 5.91 Å².